The summed E-state index contributed by atoms with van der Waals surface area (Å²) < 4.78 is 1.50. The molecule has 1 fully saturated rings. The van der Waals surface area contributed by atoms with Crippen molar-refractivity contribution in [3.63, 3.8) is 0 Å². The lowest BCUT2D eigenvalue weighted by Gasteiger charge is -2.27. The zero-order chi connectivity index (χ0) is 20.4. The highest BCUT2D eigenvalue weighted by molar-refractivity contribution is 6.30. The van der Waals surface area contributed by atoms with Gasteiger partial charge in [0.15, 0.2) is 0 Å². The van der Waals surface area contributed by atoms with E-state index in [9.17, 15) is 9.59 Å². The zero-order valence-corrected chi connectivity index (χ0v) is 16.7. The molecule has 8 nitrogen and oxygen atoms in total. The largest absolute Gasteiger partial charge is 0.337 e. The number of anilines is 1. The first kappa shape index (κ1) is 19.2. The molecule has 2 amide bonds. The van der Waals surface area contributed by atoms with Crippen molar-refractivity contribution in [3.05, 3.63) is 52.9 Å². The monoisotopic (exact) mass is 412 g/mol. The van der Waals surface area contributed by atoms with E-state index in [0.717, 1.165) is 37.9 Å². The van der Waals surface area contributed by atoms with E-state index in [4.69, 9.17) is 11.6 Å². The van der Waals surface area contributed by atoms with Crippen molar-refractivity contribution in [1.29, 1.82) is 0 Å². The predicted octanol–water partition coefficient (Wildman–Crippen LogP) is 3.34. The molecule has 9 heteroatoms. The van der Waals surface area contributed by atoms with Gasteiger partial charge in [-0.15, -0.1) is 0 Å². The van der Waals surface area contributed by atoms with Gasteiger partial charge in [0.05, 0.1) is 17.6 Å². The van der Waals surface area contributed by atoms with Crippen molar-refractivity contribution in [2.75, 3.05) is 18.4 Å². The molecule has 0 spiro atoms. The number of piperidine rings is 1. The number of aromatic amines is 1. The Morgan fingerprint density at radius 2 is 1.86 bits per heavy atom. The number of carbonyl (C=O) groups is 2. The number of likely N-dealkylation sites (tertiary alicyclic amines) is 1. The number of benzene rings is 1. The Labute approximate surface area is 172 Å². The molecule has 150 valence electrons. The Balaban J connectivity index is 1.52. The third-order valence-electron chi connectivity index (χ3n) is 5.00. The standard InChI is InChI=1S/C20H21ClN6O2/c1-26-18(20(29)27-9-3-2-4-10-27)17(12-22-26)23-19(28)16-11-15(24-25-16)13-5-7-14(21)8-6-13/h5-8,11-12H,2-4,9-10H2,1H3,(H,23,28)(H,24,25). The van der Waals surface area contributed by atoms with E-state index < -0.39 is 5.91 Å². The first-order chi connectivity index (χ1) is 14.0. The van der Waals surface area contributed by atoms with Gasteiger partial charge in [0, 0.05) is 30.7 Å². The number of hydrogen-bond donors (Lipinski definition) is 2. The summed E-state index contributed by atoms with van der Waals surface area (Å²) in [6, 6.07) is 8.84. The summed E-state index contributed by atoms with van der Waals surface area (Å²) >= 11 is 5.91. The fourth-order valence-corrected chi connectivity index (χ4v) is 3.55. The minimum absolute atomic E-state index is 0.119. The Kier molecular flexibility index (Phi) is 5.35. The van der Waals surface area contributed by atoms with Crippen molar-refractivity contribution >= 4 is 29.1 Å². The Hall–Kier alpha value is -3.13. The Morgan fingerprint density at radius 3 is 2.59 bits per heavy atom. The quantitative estimate of drug-likeness (QED) is 0.686. The average Bonchev–Trinajstić information content (AvgIpc) is 3.36. The van der Waals surface area contributed by atoms with Gasteiger partial charge in [-0.25, -0.2) is 0 Å². The Morgan fingerprint density at radius 1 is 1.14 bits per heavy atom. The molecular formula is C20H21ClN6O2. The summed E-state index contributed by atoms with van der Waals surface area (Å²) in [5, 5.41) is 14.5. The molecule has 2 N–H and O–H groups in total. The lowest BCUT2D eigenvalue weighted by atomic mass is 10.1. The molecule has 0 saturated carbocycles. The number of carbonyl (C=O) groups excluding carboxylic acids is 2. The van der Waals surface area contributed by atoms with Gasteiger partial charge in [-0.05, 0) is 37.5 Å². The van der Waals surface area contributed by atoms with Gasteiger partial charge in [0.1, 0.15) is 11.4 Å². The molecule has 4 rings (SSSR count). The van der Waals surface area contributed by atoms with Crippen LogP contribution in [0.3, 0.4) is 0 Å². The predicted molar refractivity (Wildman–Crippen MR) is 110 cm³/mol. The van der Waals surface area contributed by atoms with Crippen LogP contribution in [0.15, 0.2) is 36.5 Å². The number of nitrogens with zero attached hydrogens (tertiary/aromatic N) is 4. The van der Waals surface area contributed by atoms with Crippen molar-refractivity contribution in [2.24, 2.45) is 7.05 Å². The third-order valence-corrected chi connectivity index (χ3v) is 5.25. The first-order valence-corrected chi connectivity index (χ1v) is 9.84. The van der Waals surface area contributed by atoms with E-state index in [1.165, 1.54) is 10.9 Å². The van der Waals surface area contributed by atoms with E-state index in [2.05, 4.69) is 20.6 Å². The molecule has 29 heavy (non-hydrogen) atoms. The van der Waals surface area contributed by atoms with Crippen molar-refractivity contribution in [2.45, 2.75) is 19.3 Å². The number of aromatic nitrogens is 4. The summed E-state index contributed by atoms with van der Waals surface area (Å²) in [5.74, 6) is -0.509. The Bertz CT molecular complexity index is 1030. The zero-order valence-electron chi connectivity index (χ0n) is 16.0. The molecule has 1 aromatic carbocycles. The number of amides is 2. The minimum atomic E-state index is -0.390. The molecule has 3 heterocycles. The van der Waals surface area contributed by atoms with Crippen molar-refractivity contribution < 1.29 is 9.59 Å². The van der Waals surface area contributed by atoms with Crippen LogP contribution in [0.1, 0.15) is 40.2 Å². The molecule has 1 saturated heterocycles. The van der Waals surface area contributed by atoms with Crippen LogP contribution in [0.4, 0.5) is 5.69 Å². The number of nitrogens with one attached hydrogen (secondary N) is 2. The number of rotatable bonds is 4. The average molecular weight is 413 g/mol. The van der Waals surface area contributed by atoms with Gasteiger partial charge in [-0.2, -0.15) is 10.2 Å². The maximum atomic E-state index is 12.9. The third kappa shape index (κ3) is 4.02. The van der Waals surface area contributed by atoms with Crippen LogP contribution in [0.25, 0.3) is 11.3 Å². The normalized spacial score (nSPS) is 14.1. The van der Waals surface area contributed by atoms with Gasteiger partial charge in [-0.3, -0.25) is 19.4 Å². The SMILES string of the molecule is Cn1ncc(NC(=O)c2cc(-c3ccc(Cl)cc3)n[nH]2)c1C(=O)N1CCCCC1. The second kappa shape index (κ2) is 8.08. The molecule has 2 aromatic heterocycles. The fourth-order valence-electron chi connectivity index (χ4n) is 3.43. The van der Waals surface area contributed by atoms with Crippen LogP contribution in [-0.4, -0.2) is 49.8 Å². The molecular weight excluding hydrogens is 392 g/mol. The van der Waals surface area contributed by atoms with Gasteiger partial charge >= 0.3 is 0 Å². The number of hydrogen-bond acceptors (Lipinski definition) is 4. The van der Waals surface area contributed by atoms with Gasteiger partial charge in [-0.1, -0.05) is 23.7 Å². The van der Waals surface area contributed by atoms with Crippen molar-refractivity contribution in [1.82, 2.24) is 24.9 Å². The summed E-state index contributed by atoms with van der Waals surface area (Å²) in [7, 11) is 1.70. The van der Waals surface area contributed by atoms with Crippen LogP contribution >= 0.6 is 11.6 Å². The lowest BCUT2D eigenvalue weighted by molar-refractivity contribution is 0.0714. The smallest absolute Gasteiger partial charge is 0.274 e. The second-order valence-electron chi connectivity index (χ2n) is 7.01. The number of H-pyrrole nitrogens is 1. The maximum absolute atomic E-state index is 12.9. The summed E-state index contributed by atoms with van der Waals surface area (Å²) in [5.41, 5.74) is 2.51. The van der Waals surface area contributed by atoms with E-state index in [1.54, 1.807) is 25.2 Å². The fraction of sp³-hybridized carbons (Fsp3) is 0.300. The van der Waals surface area contributed by atoms with Gasteiger partial charge < -0.3 is 10.2 Å². The van der Waals surface area contributed by atoms with Crippen LogP contribution in [0.2, 0.25) is 5.02 Å². The minimum Gasteiger partial charge on any atom is -0.337 e. The molecule has 0 unspecified atom stereocenters. The topological polar surface area (TPSA) is 95.9 Å². The van der Waals surface area contributed by atoms with Crippen LogP contribution in [0, 0.1) is 0 Å². The summed E-state index contributed by atoms with van der Waals surface area (Å²) in [6.45, 7) is 1.45. The molecule has 3 aromatic rings. The van der Waals surface area contributed by atoms with Crippen molar-refractivity contribution in [3.8, 4) is 11.3 Å². The summed E-state index contributed by atoms with van der Waals surface area (Å²) in [6.07, 6.45) is 4.61. The van der Waals surface area contributed by atoms with Crippen LogP contribution in [0.5, 0.6) is 0 Å². The maximum Gasteiger partial charge on any atom is 0.274 e. The van der Waals surface area contributed by atoms with Crippen LogP contribution in [-0.2, 0) is 7.05 Å². The highest BCUT2D eigenvalue weighted by Crippen LogP contribution is 2.22. The second-order valence-corrected chi connectivity index (χ2v) is 7.45. The highest BCUT2D eigenvalue weighted by atomic mass is 35.5. The van der Waals surface area contributed by atoms with E-state index in [0.29, 0.717) is 22.1 Å². The molecule has 1 aliphatic heterocycles. The van der Waals surface area contributed by atoms with E-state index >= 15 is 0 Å². The number of halogens is 1. The van der Waals surface area contributed by atoms with Crippen LogP contribution < -0.4 is 5.32 Å². The number of aryl methyl sites for hydroxylation is 1. The lowest BCUT2D eigenvalue weighted by Crippen LogP contribution is -2.37. The summed E-state index contributed by atoms with van der Waals surface area (Å²) in [4.78, 5) is 27.4. The first-order valence-electron chi connectivity index (χ1n) is 9.47. The van der Waals surface area contributed by atoms with E-state index in [1.807, 2.05) is 17.0 Å². The molecule has 0 atom stereocenters. The molecule has 0 radical (unpaired) electrons. The highest BCUT2D eigenvalue weighted by Gasteiger charge is 2.25. The molecule has 0 aliphatic carbocycles. The molecule has 1 aliphatic rings. The van der Waals surface area contributed by atoms with Gasteiger partial charge in [0.25, 0.3) is 11.8 Å². The van der Waals surface area contributed by atoms with Gasteiger partial charge in [0.2, 0.25) is 0 Å². The molecule has 0 bridgehead atoms. The van der Waals surface area contributed by atoms with E-state index in [-0.39, 0.29) is 11.6 Å².